The third-order valence-electron chi connectivity index (χ3n) is 3.86. The molecule has 1 aromatic heterocycles. The predicted molar refractivity (Wildman–Crippen MR) is 97.4 cm³/mol. The van der Waals surface area contributed by atoms with Gasteiger partial charge in [-0.3, -0.25) is 15.1 Å². The molecule has 1 aromatic carbocycles. The number of hydrogen-bond donors (Lipinski definition) is 2. The second-order valence-electron chi connectivity index (χ2n) is 5.64. The number of rotatable bonds is 4. The van der Waals surface area contributed by atoms with E-state index < -0.39 is 24.9 Å². The standard InChI is InChI=1S/C17H17F2N3O.2ClH/c18-17(19)9-15(22-11-17)16(23)21-10-12-1-3-13(4-2-12)14-5-7-20-8-6-14;;/h1-8,15,22H,9-11H2,(H,21,23);2*1H. The number of alkyl halides is 2. The van der Waals surface area contributed by atoms with Crippen LogP contribution in [0.25, 0.3) is 11.1 Å². The Morgan fingerprint density at radius 1 is 1.12 bits per heavy atom. The van der Waals surface area contributed by atoms with Gasteiger partial charge < -0.3 is 5.32 Å². The number of carbonyl (C=O) groups is 1. The molecule has 0 radical (unpaired) electrons. The molecule has 2 aromatic rings. The van der Waals surface area contributed by atoms with Crippen molar-refractivity contribution < 1.29 is 13.6 Å². The lowest BCUT2D eigenvalue weighted by molar-refractivity contribution is -0.123. The number of hydrogen-bond acceptors (Lipinski definition) is 3. The van der Waals surface area contributed by atoms with Gasteiger partial charge in [-0.15, -0.1) is 24.8 Å². The number of benzene rings is 1. The molecule has 8 heteroatoms. The summed E-state index contributed by atoms with van der Waals surface area (Å²) in [7, 11) is 0. The Kier molecular flexibility index (Phi) is 7.73. The van der Waals surface area contributed by atoms with E-state index in [0.717, 1.165) is 16.7 Å². The van der Waals surface area contributed by atoms with Crippen molar-refractivity contribution in [1.82, 2.24) is 15.6 Å². The second kappa shape index (κ2) is 9.08. The summed E-state index contributed by atoms with van der Waals surface area (Å²) >= 11 is 0. The molecule has 0 spiro atoms. The first-order chi connectivity index (χ1) is 11.0. The summed E-state index contributed by atoms with van der Waals surface area (Å²) in [5.41, 5.74) is 3.04. The van der Waals surface area contributed by atoms with Gasteiger partial charge in [-0.25, -0.2) is 8.78 Å². The minimum Gasteiger partial charge on any atom is -0.351 e. The van der Waals surface area contributed by atoms with Gasteiger partial charge in [-0.05, 0) is 28.8 Å². The van der Waals surface area contributed by atoms with Crippen molar-refractivity contribution in [3.8, 4) is 11.1 Å². The molecule has 1 aliphatic heterocycles. The topological polar surface area (TPSA) is 54.0 Å². The lowest BCUT2D eigenvalue weighted by Crippen LogP contribution is -2.40. The van der Waals surface area contributed by atoms with E-state index in [2.05, 4.69) is 15.6 Å². The SMILES string of the molecule is Cl.Cl.O=C(NCc1ccc(-c2ccncc2)cc1)C1CC(F)(F)CN1. The number of nitrogens with one attached hydrogen (secondary N) is 2. The van der Waals surface area contributed by atoms with Crippen LogP contribution in [0.15, 0.2) is 48.8 Å². The Morgan fingerprint density at radius 2 is 1.72 bits per heavy atom. The molecule has 1 aliphatic rings. The summed E-state index contributed by atoms with van der Waals surface area (Å²) in [6, 6.07) is 10.8. The molecule has 2 heterocycles. The Labute approximate surface area is 157 Å². The Morgan fingerprint density at radius 3 is 2.28 bits per heavy atom. The van der Waals surface area contributed by atoms with Crippen LogP contribution in [0.2, 0.25) is 0 Å². The van der Waals surface area contributed by atoms with Crippen LogP contribution < -0.4 is 10.6 Å². The smallest absolute Gasteiger partial charge is 0.262 e. The van der Waals surface area contributed by atoms with Crippen LogP contribution >= 0.6 is 24.8 Å². The molecule has 1 amide bonds. The summed E-state index contributed by atoms with van der Waals surface area (Å²) in [6.07, 6.45) is 3.02. The quantitative estimate of drug-likeness (QED) is 0.843. The fourth-order valence-electron chi connectivity index (χ4n) is 2.57. The monoisotopic (exact) mass is 389 g/mol. The van der Waals surface area contributed by atoms with Crippen molar-refractivity contribution in [2.45, 2.75) is 24.9 Å². The van der Waals surface area contributed by atoms with E-state index in [4.69, 9.17) is 0 Å². The van der Waals surface area contributed by atoms with Crippen LogP contribution in [0.3, 0.4) is 0 Å². The maximum atomic E-state index is 13.1. The summed E-state index contributed by atoms with van der Waals surface area (Å²) in [5.74, 6) is -3.19. The third-order valence-corrected chi connectivity index (χ3v) is 3.86. The first-order valence-corrected chi connectivity index (χ1v) is 7.42. The number of amides is 1. The van der Waals surface area contributed by atoms with E-state index in [0.29, 0.717) is 6.54 Å². The molecule has 1 fully saturated rings. The van der Waals surface area contributed by atoms with Gasteiger partial charge in [0.15, 0.2) is 0 Å². The Bertz CT molecular complexity index is 684. The zero-order valence-corrected chi connectivity index (χ0v) is 14.9. The maximum Gasteiger partial charge on any atom is 0.262 e. The average Bonchev–Trinajstić information content (AvgIpc) is 2.94. The molecule has 4 nitrogen and oxygen atoms in total. The molecule has 1 atom stereocenters. The van der Waals surface area contributed by atoms with E-state index in [1.807, 2.05) is 36.4 Å². The van der Waals surface area contributed by atoms with Crippen molar-refractivity contribution in [3.63, 3.8) is 0 Å². The number of halogens is 4. The molecule has 0 aliphatic carbocycles. The van der Waals surface area contributed by atoms with Crippen molar-refractivity contribution in [1.29, 1.82) is 0 Å². The molecule has 3 rings (SSSR count). The van der Waals surface area contributed by atoms with Crippen LogP contribution in [0.5, 0.6) is 0 Å². The average molecular weight is 390 g/mol. The highest BCUT2D eigenvalue weighted by Crippen LogP contribution is 2.25. The maximum absolute atomic E-state index is 13.1. The number of nitrogens with zero attached hydrogens (tertiary/aromatic N) is 1. The zero-order chi connectivity index (χ0) is 16.3. The van der Waals surface area contributed by atoms with Gasteiger partial charge >= 0.3 is 0 Å². The van der Waals surface area contributed by atoms with E-state index in [1.165, 1.54) is 0 Å². The van der Waals surface area contributed by atoms with Gasteiger partial charge in [0.1, 0.15) is 0 Å². The molecule has 0 bridgehead atoms. The third kappa shape index (κ3) is 5.63. The largest absolute Gasteiger partial charge is 0.351 e. The number of aromatic nitrogens is 1. The summed E-state index contributed by atoms with van der Waals surface area (Å²) < 4.78 is 26.2. The zero-order valence-electron chi connectivity index (χ0n) is 13.2. The van der Waals surface area contributed by atoms with Gasteiger partial charge in [0.25, 0.3) is 5.92 Å². The summed E-state index contributed by atoms with van der Waals surface area (Å²) in [5, 5.41) is 5.24. The van der Waals surface area contributed by atoms with Crippen molar-refractivity contribution in [2.24, 2.45) is 0 Å². The first kappa shape index (κ1) is 21.3. The molecule has 2 N–H and O–H groups in total. The predicted octanol–water partition coefficient (Wildman–Crippen LogP) is 3.21. The van der Waals surface area contributed by atoms with Gasteiger partial charge in [0.2, 0.25) is 5.91 Å². The van der Waals surface area contributed by atoms with Gasteiger partial charge in [0.05, 0.1) is 12.6 Å². The Balaban J connectivity index is 0.00000156. The van der Waals surface area contributed by atoms with Crippen LogP contribution in [0.4, 0.5) is 8.78 Å². The normalized spacial score (nSPS) is 17.9. The van der Waals surface area contributed by atoms with Crippen LogP contribution in [-0.2, 0) is 11.3 Å². The lowest BCUT2D eigenvalue weighted by atomic mass is 10.1. The lowest BCUT2D eigenvalue weighted by Gasteiger charge is -2.11. The fourth-order valence-corrected chi connectivity index (χ4v) is 2.57. The summed E-state index contributed by atoms with van der Waals surface area (Å²) in [6.45, 7) is -0.120. The highest BCUT2D eigenvalue weighted by Gasteiger charge is 2.42. The Hall–Kier alpha value is -1.76. The molecule has 1 unspecified atom stereocenters. The van der Waals surface area contributed by atoms with Crippen molar-refractivity contribution in [3.05, 3.63) is 54.4 Å². The number of pyridine rings is 1. The van der Waals surface area contributed by atoms with Gasteiger partial charge in [0, 0.05) is 25.4 Å². The second-order valence-corrected chi connectivity index (χ2v) is 5.64. The van der Waals surface area contributed by atoms with Gasteiger partial charge in [-0.1, -0.05) is 24.3 Å². The van der Waals surface area contributed by atoms with Crippen LogP contribution in [0, 0.1) is 0 Å². The van der Waals surface area contributed by atoms with Crippen LogP contribution in [0.1, 0.15) is 12.0 Å². The molecule has 25 heavy (non-hydrogen) atoms. The molecular formula is C17H19Cl2F2N3O. The van der Waals surface area contributed by atoms with Crippen LogP contribution in [-0.4, -0.2) is 29.4 Å². The minimum absolute atomic E-state index is 0. The first-order valence-electron chi connectivity index (χ1n) is 7.42. The molecule has 136 valence electrons. The number of carbonyl (C=O) groups excluding carboxylic acids is 1. The van der Waals surface area contributed by atoms with E-state index in [9.17, 15) is 13.6 Å². The van der Waals surface area contributed by atoms with Crippen molar-refractivity contribution in [2.75, 3.05) is 6.54 Å². The van der Waals surface area contributed by atoms with E-state index in [1.54, 1.807) is 12.4 Å². The van der Waals surface area contributed by atoms with E-state index in [-0.39, 0.29) is 30.7 Å². The molecule has 0 saturated carbocycles. The van der Waals surface area contributed by atoms with Gasteiger partial charge in [-0.2, -0.15) is 0 Å². The highest BCUT2D eigenvalue weighted by atomic mass is 35.5. The minimum atomic E-state index is -2.80. The van der Waals surface area contributed by atoms with E-state index >= 15 is 0 Å². The molecular weight excluding hydrogens is 371 g/mol. The summed E-state index contributed by atoms with van der Waals surface area (Å²) in [4.78, 5) is 15.9. The fraction of sp³-hybridized carbons (Fsp3) is 0.294. The molecule has 1 saturated heterocycles. The van der Waals surface area contributed by atoms with Crippen molar-refractivity contribution >= 4 is 30.7 Å². The highest BCUT2D eigenvalue weighted by molar-refractivity contribution is 5.85.